The molecule has 4 bridgehead atoms. The zero-order valence-electron chi connectivity index (χ0n) is 23.0. The minimum Gasteiger partial charge on any atom is -0.475 e. The van der Waals surface area contributed by atoms with E-state index in [2.05, 4.69) is 60.7 Å². The van der Waals surface area contributed by atoms with Gasteiger partial charge in [0.25, 0.3) is 0 Å². The Balaban J connectivity index is 1.30. The van der Waals surface area contributed by atoms with Crippen molar-refractivity contribution < 1.29 is 9.84 Å². The van der Waals surface area contributed by atoms with Crippen LogP contribution in [0.1, 0.15) is 56.1 Å². The van der Waals surface area contributed by atoms with E-state index in [1.54, 1.807) is 0 Å². The van der Waals surface area contributed by atoms with E-state index < -0.39 is 5.60 Å². The number of ether oxygens (including phenoxy) is 1. The van der Waals surface area contributed by atoms with Crippen molar-refractivity contribution in [3.05, 3.63) is 177 Å². The average Bonchev–Trinajstić information content (AvgIpc) is 3.53. The van der Waals surface area contributed by atoms with E-state index in [4.69, 9.17) is 9.73 Å². The molecule has 10 rings (SSSR count). The standard InChI is InChI=1S/C38H33NO2/c40-38(32-12-6-2-7-13-32,33-14-8-3-9-15-33)35-25-28-17-16-27-18-20-29(22-23-30(35)21-19-28)34(24-27)37-39-36(26-41-37)31-10-4-1-5-11-31/h1-15,18-21,24-25,36,40H,16-17,22-23,26H2/t36-/m0/s1. The van der Waals surface area contributed by atoms with Crippen LogP contribution in [0.3, 0.4) is 0 Å². The fourth-order valence-electron chi connectivity index (χ4n) is 6.29. The summed E-state index contributed by atoms with van der Waals surface area (Å²) >= 11 is 0. The predicted octanol–water partition coefficient (Wildman–Crippen LogP) is 7.37. The molecule has 0 radical (unpaired) electrons. The van der Waals surface area contributed by atoms with Crippen LogP contribution in [0, 0.1) is 0 Å². The van der Waals surface area contributed by atoms with E-state index in [1.807, 2.05) is 66.7 Å². The molecule has 5 aromatic carbocycles. The number of aliphatic imine (C=N–C) groups is 1. The number of benzene rings is 5. The summed E-state index contributed by atoms with van der Waals surface area (Å²) in [7, 11) is 0. The molecule has 0 saturated heterocycles. The molecule has 0 amide bonds. The maximum absolute atomic E-state index is 12.7. The fourth-order valence-corrected chi connectivity index (χ4v) is 6.29. The van der Waals surface area contributed by atoms with Gasteiger partial charge in [0.15, 0.2) is 0 Å². The van der Waals surface area contributed by atoms with Gasteiger partial charge in [-0.05, 0) is 76.3 Å². The Morgan fingerprint density at radius 2 is 1.17 bits per heavy atom. The van der Waals surface area contributed by atoms with Crippen LogP contribution in [0.4, 0.5) is 0 Å². The van der Waals surface area contributed by atoms with Gasteiger partial charge in [0, 0.05) is 5.56 Å². The van der Waals surface area contributed by atoms with Crippen LogP contribution < -0.4 is 0 Å². The van der Waals surface area contributed by atoms with Crippen LogP contribution >= 0.6 is 0 Å². The minimum atomic E-state index is -1.26. The zero-order valence-corrected chi connectivity index (χ0v) is 23.0. The van der Waals surface area contributed by atoms with Gasteiger partial charge in [-0.1, -0.05) is 121 Å². The molecule has 4 aliphatic carbocycles. The van der Waals surface area contributed by atoms with Gasteiger partial charge in [-0.2, -0.15) is 0 Å². The molecular weight excluding hydrogens is 502 g/mol. The van der Waals surface area contributed by atoms with Gasteiger partial charge in [0.05, 0.1) is 0 Å². The Kier molecular flexibility index (Phi) is 6.74. The molecule has 0 aromatic heterocycles. The van der Waals surface area contributed by atoms with Crippen LogP contribution in [-0.4, -0.2) is 17.6 Å². The van der Waals surface area contributed by atoms with Crippen molar-refractivity contribution in [2.24, 2.45) is 4.99 Å². The topological polar surface area (TPSA) is 41.8 Å². The van der Waals surface area contributed by atoms with Crippen LogP contribution in [0.15, 0.2) is 132 Å². The van der Waals surface area contributed by atoms with E-state index in [0.717, 1.165) is 59.4 Å². The minimum absolute atomic E-state index is 0.0201. The molecule has 0 unspecified atom stereocenters. The maximum atomic E-state index is 12.7. The summed E-state index contributed by atoms with van der Waals surface area (Å²) in [6, 6.07) is 44.0. The molecule has 0 saturated carbocycles. The van der Waals surface area contributed by atoms with Crippen LogP contribution in [0.25, 0.3) is 0 Å². The lowest BCUT2D eigenvalue weighted by Gasteiger charge is -2.33. The molecule has 0 fully saturated rings. The highest BCUT2D eigenvalue weighted by atomic mass is 16.5. The summed E-state index contributed by atoms with van der Waals surface area (Å²) in [5.74, 6) is 0.743. The second kappa shape index (κ2) is 10.8. The Hall–Kier alpha value is -4.47. The highest BCUT2D eigenvalue weighted by molar-refractivity contribution is 5.97. The van der Waals surface area contributed by atoms with E-state index in [0.29, 0.717) is 6.61 Å². The second-order valence-electron chi connectivity index (χ2n) is 11.1. The van der Waals surface area contributed by atoms with Gasteiger partial charge in [-0.3, -0.25) is 0 Å². The molecule has 5 aliphatic rings. The number of nitrogens with zero attached hydrogens (tertiary/aromatic N) is 1. The first-order chi connectivity index (χ1) is 20.2. The summed E-state index contributed by atoms with van der Waals surface area (Å²) in [6.07, 6.45) is 3.39. The largest absolute Gasteiger partial charge is 0.475 e. The quantitative estimate of drug-likeness (QED) is 0.239. The smallest absolute Gasteiger partial charge is 0.217 e. The van der Waals surface area contributed by atoms with Crippen LogP contribution in [-0.2, 0) is 36.0 Å². The molecule has 1 atom stereocenters. The Bertz CT molecular complexity index is 1650. The van der Waals surface area contributed by atoms with Crippen molar-refractivity contribution >= 4 is 5.90 Å². The lowest BCUT2D eigenvalue weighted by atomic mass is 9.76. The van der Waals surface area contributed by atoms with Gasteiger partial charge in [0.1, 0.15) is 18.2 Å². The number of aryl methyl sites for hydroxylation is 4. The molecular formula is C38H33NO2. The Morgan fingerprint density at radius 3 is 1.83 bits per heavy atom. The van der Waals surface area contributed by atoms with Gasteiger partial charge in [-0.15, -0.1) is 0 Å². The van der Waals surface area contributed by atoms with Crippen molar-refractivity contribution in [1.82, 2.24) is 0 Å². The SMILES string of the molecule is OC(c1ccccc1)(c1ccccc1)c1cc2ccc1CCc1ccc(cc1C1=N[C@H](c3ccccc3)CO1)CC2. The van der Waals surface area contributed by atoms with Crippen LogP contribution in [0.5, 0.6) is 0 Å². The average molecular weight is 536 g/mol. The predicted molar refractivity (Wildman–Crippen MR) is 164 cm³/mol. The summed E-state index contributed by atoms with van der Waals surface area (Å²) in [5, 5.41) is 12.7. The Morgan fingerprint density at radius 1 is 0.610 bits per heavy atom. The highest BCUT2D eigenvalue weighted by Gasteiger charge is 2.36. The molecule has 1 N–H and O–H groups in total. The van der Waals surface area contributed by atoms with E-state index in [-0.39, 0.29) is 6.04 Å². The summed E-state index contributed by atoms with van der Waals surface area (Å²) in [4.78, 5) is 5.03. The first-order valence-electron chi connectivity index (χ1n) is 14.5. The first-order valence-corrected chi connectivity index (χ1v) is 14.5. The van der Waals surface area contributed by atoms with Crippen molar-refractivity contribution in [2.45, 2.75) is 37.3 Å². The third kappa shape index (κ3) is 4.87. The van der Waals surface area contributed by atoms with Gasteiger partial charge >= 0.3 is 0 Å². The van der Waals surface area contributed by atoms with Crippen molar-refractivity contribution in [2.75, 3.05) is 6.61 Å². The summed E-state index contributed by atoms with van der Waals surface area (Å²) < 4.78 is 6.23. The number of hydrogen-bond acceptors (Lipinski definition) is 3. The third-order valence-electron chi connectivity index (χ3n) is 8.55. The Labute approximate surface area is 241 Å². The molecule has 41 heavy (non-hydrogen) atoms. The van der Waals surface area contributed by atoms with Crippen molar-refractivity contribution in [3.8, 4) is 0 Å². The monoisotopic (exact) mass is 535 g/mol. The van der Waals surface area contributed by atoms with Gasteiger partial charge < -0.3 is 9.84 Å². The molecule has 3 nitrogen and oxygen atoms in total. The fraction of sp³-hybridized carbons (Fsp3) is 0.184. The van der Waals surface area contributed by atoms with Crippen LogP contribution in [0.2, 0.25) is 0 Å². The van der Waals surface area contributed by atoms with Gasteiger partial charge in [0.2, 0.25) is 5.90 Å². The van der Waals surface area contributed by atoms with Crippen molar-refractivity contribution in [1.29, 1.82) is 0 Å². The van der Waals surface area contributed by atoms with E-state index in [9.17, 15) is 5.11 Å². The second-order valence-corrected chi connectivity index (χ2v) is 11.1. The molecule has 5 aromatic rings. The van der Waals surface area contributed by atoms with E-state index in [1.165, 1.54) is 22.3 Å². The number of hydrogen-bond donors (Lipinski definition) is 1. The third-order valence-corrected chi connectivity index (χ3v) is 8.55. The molecule has 0 spiro atoms. The summed E-state index contributed by atoms with van der Waals surface area (Å²) in [5.41, 5.74) is 8.59. The first kappa shape index (κ1) is 25.5. The van der Waals surface area contributed by atoms with Crippen molar-refractivity contribution in [3.63, 3.8) is 0 Å². The highest BCUT2D eigenvalue weighted by Crippen LogP contribution is 2.40. The number of rotatable bonds is 5. The molecule has 3 heteroatoms. The molecule has 1 heterocycles. The molecule has 202 valence electrons. The normalized spacial score (nSPS) is 16.5. The van der Waals surface area contributed by atoms with E-state index >= 15 is 0 Å². The molecule has 1 aliphatic heterocycles. The lowest BCUT2D eigenvalue weighted by molar-refractivity contribution is 0.124. The van der Waals surface area contributed by atoms with Gasteiger partial charge in [-0.25, -0.2) is 4.99 Å². The number of aliphatic hydroxyl groups is 1. The zero-order chi connectivity index (χ0) is 27.6. The maximum Gasteiger partial charge on any atom is 0.217 e. The summed E-state index contributed by atoms with van der Waals surface area (Å²) in [6.45, 7) is 0.565. The lowest BCUT2D eigenvalue weighted by Crippen LogP contribution is -2.30.